The second-order valence-corrected chi connectivity index (χ2v) is 3.96. The third-order valence-electron chi connectivity index (χ3n) is 2.44. The number of nitrogens with one attached hydrogen (secondary N) is 1. The molecular formula is C12H17N3O. The lowest BCUT2D eigenvalue weighted by Crippen LogP contribution is -2.16. The normalized spacial score (nSPS) is 10.9. The highest BCUT2D eigenvalue weighted by atomic mass is 16.3. The van der Waals surface area contributed by atoms with Gasteiger partial charge in [-0.3, -0.25) is 4.68 Å². The zero-order valence-corrected chi connectivity index (χ0v) is 9.73. The van der Waals surface area contributed by atoms with Gasteiger partial charge in [0.25, 0.3) is 0 Å². The molecule has 2 heterocycles. The summed E-state index contributed by atoms with van der Waals surface area (Å²) in [6, 6.07) is 3.99. The van der Waals surface area contributed by atoms with Crippen molar-refractivity contribution in [1.29, 1.82) is 0 Å². The van der Waals surface area contributed by atoms with E-state index in [0.29, 0.717) is 0 Å². The van der Waals surface area contributed by atoms with Crippen LogP contribution >= 0.6 is 0 Å². The first-order chi connectivity index (χ1) is 7.74. The van der Waals surface area contributed by atoms with Crippen molar-refractivity contribution in [3.63, 3.8) is 0 Å². The van der Waals surface area contributed by atoms with E-state index in [1.807, 2.05) is 43.2 Å². The maximum Gasteiger partial charge on any atom is 0.117 e. The Bertz CT molecular complexity index is 402. The Balaban J connectivity index is 1.69. The van der Waals surface area contributed by atoms with Crippen molar-refractivity contribution in [3.05, 3.63) is 41.6 Å². The molecule has 0 saturated carbocycles. The lowest BCUT2D eigenvalue weighted by Gasteiger charge is -2.00. The van der Waals surface area contributed by atoms with Crippen LogP contribution in [0.1, 0.15) is 17.1 Å². The smallest absolute Gasteiger partial charge is 0.117 e. The average molecular weight is 219 g/mol. The van der Waals surface area contributed by atoms with E-state index in [-0.39, 0.29) is 0 Å². The molecule has 0 amide bonds. The van der Waals surface area contributed by atoms with Gasteiger partial charge in [0.15, 0.2) is 0 Å². The Labute approximate surface area is 95.3 Å². The van der Waals surface area contributed by atoms with E-state index in [2.05, 4.69) is 10.4 Å². The lowest BCUT2D eigenvalue weighted by molar-refractivity contribution is 0.463. The van der Waals surface area contributed by atoms with Crippen molar-refractivity contribution in [2.75, 3.05) is 6.54 Å². The summed E-state index contributed by atoms with van der Waals surface area (Å²) >= 11 is 0. The summed E-state index contributed by atoms with van der Waals surface area (Å²) in [4.78, 5) is 0. The third kappa shape index (κ3) is 2.97. The summed E-state index contributed by atoms with van der Waals surface area (Å²) in [5.74, 6) is 1.95. The molecule has 0 bridgehead atoms. The number of hydrogen-bond acceptors (Lipinski definition) is 3. The molecule has 0 unspecified atom stereocenters. The van der Waals surface area contributed by atoms with Crippen molar-refractivity contribution in [2.45, 2.75) is 19.9 Å². The van der Waals surface area contributed by atoms with Crippen LogP contribution in [0.25, 0.3) is 0 Å². The SMILES string of the molecule is Cc1ccc(CNCCc2cnn(C)c2)o1. The highest BCUT2D eigenvalue weighted by molar-refractivity contribution is 5.06. The van der Waals surface area contributed by atoms with Gasteiger partial charge in [0, 0.05) is 13.2 Å². The van der Waals surface area contributed by atoms with Crippen LogP contribution in [-0.2, 0) is 20.0 Å². The molecule has 0 spiro atoms. The number of aryl methyl sites for hydroxylation is 2. The van der Waals surface area contributed by atoms with Crippen molar-refractivity contribution in [1.82, 2.24) is 15.1 Å². The second kappa shape index (κ2) is 4.99. The molecule has 0 atom stereocenters. The van der Waals surface area contributed by atoms with E-state index in [9.17, 15) is 0 Å². The van der Waals surface area contributed by atoms with Crippen molar-refractivity contribution in [3.8, 4) is 0 Å². The molecule has 0 aromatic carbocycles. The lowest BCUT2D eigenvalue weighted by atomic mass is 10.2. The fourth-order valence-electron chi connectivity index (χ4n) is 1.63. The minimum absolute atomic E-state index is 0.786. The summed E-state index contributed by atoms with van der Waals surface area (Å²) in [5.41, 5.74) is 1.26. The Morgan fingerprint density at radius 2 is 2.31 bits per heavy atom. The molecule has 2 rings (SSSR count). The highest BCUT2D eigenvalue weighted by Crippen LogP contribution is 2.05. The first-order valence-electron chi connectivity index (χ1n) is 5.47. The number of furan rings is 1. The number of hydrogen-bond donors (Lipinski definition) is 1. The summed E-state index contributed by atoms with van der Waals surface area (Å²) < 4.78 is 7.29. The quantitative estimate of drug-likeness (QED) is 0.778. The van der Waals surface area contributed by atoms with Gasteiger partial charge in [-0.15, -0.1) is 0 Å². The van der Waals surface area contributed by atoms with Gasteiger partial charge in [-0.25, -0.2) is 0 Å². The van der Waals surface area contributed by atoms with Crippen molar-refractivity contribution < 1.29 is 4.42 Å². The number of rotatable bonds is 5. The van der Waals surface area contributed by atoms with Gasteiger partial charge in [-0.05, 0) is 37.6 Å². The largest absolute Gasteiger partial charge is 0.465 e. The molecule has 2 aromatic heterocycles. The van der Waals surface area contributed by atoms with Gasteiger partial charge in [0.05, 0.1) is 12.7 Å². The molecule has 86 valence electrons. The molecule has 0 aliphatic carbocycles. The van der Waals surface area contributed by atoms with Crippen LogP contribution in [0, 0.1) is 6.92 Å². The van der Waals surface area contributed by atoms with E-state index in [4.69, 9.17) is 4.42 Å². The molecule has 16 heavy (non-hydrogen) atoms. The van der Waals surface area contributed by atoms with Gasteiger partial charge in [-0.2, -0.15) is 5.10 Å². The highest BCUT2D eigenvalue weighted by Gasteiger charge is 1.99. The van der Waals surface area contributed by atoms with Crippen molar-refractivity contribution in [2.24, 2.45) is 7.05 Å². The summed E-state index contributed by atoms with van der Waals surface area (Å²) in [7, 11) is 1.93. The zero-order chi connectivity index (χ0) is 11.4. The number of nitrogens with zero attached hydrogens (tertiary/aromatic N) is 2. The Kier molecular flexibility index (Phi) is 3.41. The van der Waals surface area contributed by atoms with Crippen LogP contribution in [0.15, 0.2) is 28.9 Å². The van der Waals surface area contributed by atoms with Gasteiger partial charge in [0.2, 0.25) is 0 Å². The Morgan fingerprint density at radius 3 is 2.94 bits per heavy atom. The molecule has 0 aliphatic heterocycles. The van der Waals surface area contributed by atoms with Crippen LogP contribution in [0.4, 0.5) is 0 Å². The second-order valence-electron chi connectivity index (χ2n) is 3.96. The molecule has 0 fully saturated rings. The summed E-state index contributed by atoms with van der Waals surface area (Å²) in [6.07, 6.45) is 4.94. The standard InChI is InChI=1S/C12H17N3O/c1-10-3-4-12(16-10)8-13-6-5-11-7-14-15(2)9-11/h3-4,7,9,13H,5-6,8H2,1-2H3. The zero-order valence-electron chi connectivity index (χ0n) is 9.73. The van der Waals surface area contributed by atoms with Crippen LogP contribution < -0.4 is 5.32 Å². The topological polar surface area (TPSA) is 43.0 Å². The Morgan fingerprint density at radius 1 is 1.44 bits per heavy atom. The Hall–Kier alpha value is -1.55. The average Bonchev–Trinajstić information content (AvgIpc) is 2.83. The predicted octanol–water partition coefficient (Wildman–Crippen LogP) is 1.65. The van der Waals surface area contributed by atoms with E-state index in [0.717, 1.165) is 31.0 Å². The minimum atomic E-state index is 0.786. The minimum Gasteiger partial charge on any atom is -0.465 e. The molecule has 4 nitrogen and oxygen atoms in total. The fraction of sp³-hybridized carbons (Fsp3) is 0.417. The molecule has 0 aliphatic rings. The van der Waals surface area contributed by atoms with Crippen LogP contribution in [0.2, 0.25) is 0 Å². The van der Waals surface area contributed by atoms with Gasteiger partial charge >= 0.3 is 0 Å². The summed E-state index contributed by atoms with van der Waals surface area (Å²) in [5, 5.41) is 7.47. The maximum atomic E-state index is 5.46. The van der Waals surface area contributed by atoms with Gasteiger partial charge in [-0.1, -0.05) is 0 Å². The van der Waals surface area contributed by atoms with E-state index >= 15 is 0 Å². The van der Waals surface area contributed by atoms with E-state index < -0.39 is 0 Å². The molecule has 1 N–H and O–H groups in total. The van der Waals surface area contributed by atoms with Crippen LogP contribution in [0.5, 0.6) is 0 Å². The monoisotopic (exact) mass is 219 g/mol. The van der Waals surface area contributed by atoms with Crippen molar-refractivity contribution >= 4 is 0 Å². The molecular weight excluding hydrogens is 202 g/mol. The van der Waals surface area contributed by atoms with E-state index in [1.54, 1.807) is 0 Å². The van der Waals surface area contributed by atoms with Gasteiger partial charge in [0.1, 0.15) is 11.5 Å². The molecule has 0 radical (unpaired) electrons. The molecule has 2 aromatic rings. The molecule has 4 heteroatoms. The third-order valence-corrected chi connectivity index (χ3v) is 2.44. The first kappa shape index (κ1) is 11.0. The van der Waals surface area contributed by atoms with Gasteiger partial charge < -0.3 is 9.73 Å². The maximum absolute atomic E-state index is 5.46. The van der Waals surface area contributed by atoms with E-state index in [1.165, 1.54) is 5.56 Å². The first-order valence-corrected chi connectivity index (χ1v) is 5.47. The fourth-order valence-corrected chi connectivity index (χ4v) is 1.63. The molecule has 0 saturated heterocycles. The van der Waals surface area contributed by atoms with Crippen LogP contribution in [0.3, 0.4) is 0 Å². The predicted molar refractivity (Wildman–Crippen MR) is 62.1 cm³/mol. The summed E-state index contributed by atoms with van der Waals surface area (Å²) in [6.45, 7) is 3.68. The number of aromatic nitrogens is 2. The van der Waals surface area contributed by atoms with Crippen LogP contribution in [-0.4, -0.2) is 16.3 Å².